The van der Waals surface area contributed by atoms with Crippen molar-refractivity contribution in [3.8, 4) is 0 Å². The SMILES string of the molecule is CN(CCCc1ccccc1)CC(=O)Nc1cccc(S(N)(=O)=O)c1. The van der Waals surface area contributed by atoms with Crippen molar-refractivity contribution in [1.29, 1.82) is 0 Å². The number of hydrogen-bond acceptors (Lipinski definition) is 4. The van der Waals surface area contributed by atoms with Gasteiger partial charge in [0.1, 0.15) is 0 Å². The van der Waals surface area contributed by atoms with E-state index in [1.165, 1.54) is 17.7 Å². The fourth-order valence-electron chi connectivity index (χ4n) is 2.47. The maximum absolute atomic E-state index is 12.1. The number of nitrogens with two attached hydrogens (primary N) is 1. The van der Waals surface area contributed by atoms with Crippen LogP contribution in [0.4, 0.5) is 5.69 Å². The molecule has 0 spiro atoms. The summed E-state index contributed by atoms with van der Waals surface area (Å²) in [6.45, 7) is 1.02. The van der Waals surface area contributed by atoms with Crippen molar-refractivity contribution in [2.75, 3.05) is 25.5 Å². The molecule has 0 saturated heterocycles. The lowest BCUT2D eigenvalue weighted by molar-refractivity contribution is -0.117. The zero-order chi connectivity index (χ0) is 18.3. The minimum absolute atomic E-state index is 0.0264. The topological polar surface area (TPSA) is 92.5 Å². The van der Waals surface area contributed by atoms with Gasteiger partial charge in [0.05, 0.1) is 11.4 Å². The van der Waals surface area contributed by atoms with Gasteiger partial charge in [-0.05, 0) is 50.2 Å². The summed E-state index contributed by atoms with van der Waals surface area (Å²) in [7, 11) is -1.90. The van der Waals surface area contributed by atoms with E-state index in [-0.39, 0.29) is 17.3 Å². The van der Waals surface area contributed by atoms with E-state index in [9.17, 15) is 13.2 Å². The molecule has 3 N–H and O–H groups in total. The number of nitrogens with zero attached hydrogens (tertiary/aromatic N) is 1. The van der Waals surface area contributed by atoms with E-state index in [0.717, 1.165) is 19.4 Å². The number of amides is 1. The molecular formula is C18H23N3O3S. The summed E-state index contributed by atoms with van der Waals surface area (Å²) in [6, 6.07) is 16.1. The Kier molecular flexibility index (Phi) is 6.69. The van der Waals surface area contributed by atoms with E-state index in [4.69, 9.17) is 5.14 Å². The van der Waals surface area contributed by atoms with Crippen molar-refractivity contribution in [3.63, 3.8) is 0 Å². The number of carbonyl (C=O) groups is 1. The molecule has 0 fully saturated rings. The summed E-state index contributed by atoms with van der Waals surface area (Å²) >= 11 is 0. The number of hydrogen-bond donors (Lipinski definition) is 2. The van der Waals surface area contributed by atoms with Crippen molar-refractivity contribution in [2.24, 2.45) is 5.14 Å². The molecule has 25 heavy (non-hydrogen) atoms. The molecule has 0 saturated carbocycles. The Morgan fingerprint density at radius 1 is 1.12 bits per heavy atom. The van der Waals surface area contributed by atoms with Crippen LogP contribution in [-0.4, -0.2) is 39.4 Å². The predicted molar refractivity (Wildman–Crippen MR) is 98.7 cm³/mol. The van der Waals surface area contributed by atoms with E-state index in [1.54, 1.807) is 12.1 Å². The highest BCUT2D eigenvalue weighted by Gasteiger charge is 2.10. The lowest BCUT2D eigenvalue weighted by Gasteiger charge is -2.16. The van der Waals surface area contributed by atoms with Crippen molar-refractivity contribution in [2.45, 2.75) is 17.7 Å². The van der Waals surface area contributed by atoms with Crippen molar-refractivity contribution >= 4 is 21.6 Å². The number of anilines is 1. The molecule has 6 nitrogen and oxygen atoms in total. The maximum Gasteiger partial charge on any atom is 0.238 e. The summed E-state index contributed by atoms with van der Waals surface area (Å²) < 4.78 is 22.7. The quantitative estimate of drug-likeness (QED) is 0.750. The normalized spacial score (nSPS) is 11.5. The number of aryl methyl sites for hydroxylation is 1. The number of sulfonamides is 1. The van der Waals surface area contributed by atoms with Gasteiger partial charge in [-0.15, -0.1) is 0 Å². The van der Waals surface area contributed by atoms with E-state index in [2.05, 4.69) is 17.4 Å². The second-order valence-electron chi connectivity index (χ2n) is 5.95. The molecule has 2 rings (SSSR count). The Balaban J connectivity index is 1.79. The first-order valence-corrected chi connectivity index (χ1v) is 9.54. The lowest BCUT2D eigenvalue weighted by atomic mass is 10.1. The van der Waals surface area contributed by atoms with Crippen LogP contribution in [0.2, 0.25) is 0 Å². The molecule has 0 aliphatic heterocycles. The molecule has 0 aromatic heterocycles. The highest BCUT2D eigenvalue weighted by Crippen LogP contribution is 2.14. The molecule has 134 valence electrons. The summed E-state index contributed by atoms with van der Waals surface area (Å²) in [5.74, 6) is -0.200. The van der Waals surface area contributed by atoms with Gasteiger partial charge in [0.2, 0.25) is 15.9 Å². The summed E-state index contributed by atoms with van der Waals surface area (Å²) in [5.41, 5.74) is 1.69. The van der Waals surface area contributed by atoms with Crippen LogP contribution in [0, 0.1) is 0 Å². The van der Waals surface area contributed by atoms with Crippen LogP contribution in [0.25, 0.3) is 0 Å². The van der Waals surface area contributed by atoms with Gasteiger partial charge in [-0.25, -0.2) is 13.6 Å². The molecule has 0 aliphatic rings. The minimum atomic E-state index is -3.78. The fraction of sp³-hybridized carbons (Fsp3) is 0.278. The van der Waals surface area contributed by atoms with Gasteiger partial charge in [-0.2, -0.15) is 0 Å². The minimum Gasteiger partial charge on any atom is -0.325 e. The molecule has 2 aromatic rings. The fourth-order valence-corrected chi connectivity index (χ4v) is 3.03. The molecule has 0 atom stereocenters. The largest absolute Gasteiger partial charge is 0.325 e. The second-order valence-corrected chi connectivity index (χ2v) is 7.51. The molecule has 0 radical (unpaired) electrons. The zero-order valence-electron chi connectivity index (χ0n) is 14.2. The number of primary sulfonamides is 1. The van der Waals surface area contributed by atoms with Crippen molar-refractivity contribution in [3.05, 3.63) is 60.2 Å². The number of likely N-dealkylation sites (N-methyl/N-ethyl adjacent to an activating group) is 1. The van der Waals surface area contributed by atoms with E-state index in [0.29, 0.717) is 5.69 Å². The first-order chi connectivity index (χ1) is 11.8. The second kappa shape index (κ2) is 8.75. The Morgan fingerprint density at radius 2 is 1.84 bits per heavy atom. The third-order valence-corrected chi connectivity index (χ3v) is 4.62. The smallest absolute Gasteiger partial charge is 0.238 e. The number of carbonyl (C=O) groups excluding carboxylic acids is 1. The van der Waals surface area contributed by atoms with Crippen molar-refractivity contribution < 1.29 is 13.2 Å². The molecule has 0 unspecified atom stereocenters. The van der Waals surface area contributed by atoms with Crippen LogP contribution in [0.5, 0.6) is 0 Å². The predicted octanol–water partition coefficient (Wildman–Crippen LogP) is 1.84. The number of nitrogens with one attached hydrogen (secondary N) is 1. The monoisotopic (exact) mass is 361 g/mol. The number of benzene rings is 2. The number of rotatable bonds is 8. The van der Waals surface area contributed by atoms with Gasteiger partial charge in [-0.3, -0.25) is 9.69 Å². The average Bonchev–Trinajstić information content (AvgIpc) is 2.55. The van der Waals surface area contributed by atoms with Crippen LogP contribution in [0.3, 0.4) is 0 Å². The standard InChI is InChI=1S/C18H23N3O3S/c1-21(12-6-9-15-7-3-2-4-8-15)14-18(22)20-16-10-5-11-17(13-16)25(19,23)24/h2-5,7-8,10-11,13H,6,9,12,14H2,1H3,(H,20,22)(H2,19,23,24). The van der Waals surface area contributed by atoms with Gasteiger partial charge in [-0.1, -0.05) is 36.4 Å². The molecule has 7 heteroatoms. The van der Waals surface area contributed by atoms with Crippen LogP contribution in [0.1, 0.15) is 12.0 Å². The third kappa shape index (κ3) is 6.66. The van der Waals surface area contributed by atoms with E-state index in [1.807, 2.05) is 30.1 Å². The summed E-state index contributed by atoms with van der Waals surface area (Å²) in [4.78, 5) is 14.0. The lowest BCUT2D eigenvalue weighted by Crippen LogP contribution is -2.31. The highest BCUT2D eigenvalue weighted by atomic mass is 32.2. The highest BCUT2D eigenvalue weighted by molar-refractivity contribution is 7.89. The molecular weight excluding hydrogens is 338 g/mol. The van der Waals surface area contributed by atoms with E-state index < -0.39 is 10.0 Å². The molecule has 1 amide bonds. The first kappa shape index (κ1) is 19.1. The summed E-state index contributed by atoms with van der Waals surface area (Å²) in [5, 5.41) is 7.78. The van der Waals surface area contributed by atoms with Gasteiger partial charge < -0.3 is 5.32 Å². The van der Waals surface area contributed by atoms with Crippen LogP contribution < -0.4 is 10.5 Å². The first-order valence-electron chi connectivity index (χ1n) is 8.00. The molecule has 0 aliphatic carbocycles. The van der Waals surface area contributed by atoms with Gasteiger partial charge in [0.25, 0.3) is 0 Å². The molecule has 2 aromatic carbocycles. The van der Waals surface area contributed by atoms with Crippen LogP contribution in [-0.2, 0) is 21.2 Å². The third-order valence-electron chi connectivity index (χ3n) is 3.71. The van der Waals surface area contributed by atoms with Crippen LogP contribution in [0.15, 0.2) is 59.5 Å². The zero-order valence-corrected chi connectivity index (χ0v) is 15.0. The summed E-state index contributed by atoms with van der Waals surface area (Å²) in [6.07, 6.45) is 1.91. The van der Waals surface area contributed by atoms with Crippen molar-refractivity contribution in [1.82, 2.24) is 4.90 Å². The Hall–Kier alpha value is -2.22. The van der Waals surface area contributed by atoms with Gasteiger partial charge >= 0.3 is 0 Å². The van der Waals surface area contributed by atoms with Gasteiger partial charge in [0, 0.05) is 5.69 Å². The molecule has 0 heterocycles. The Bertz CT molecular complexity index is 807. The average molecular weight is 361 g/mol. The Morgan fingerprint density at radius 3 is 2.52 bits per heavy atom. The maximum atomic E-state index is 12.1. The van der Waals surface area contributed by atoms with E-state index >= 15 is 0 Å². The van der Waals surface area contributed by atoms with Crippen LogP contribution >= 0.6 is 0 Å². The molecule has 0 bridgehead atoms. The Labute approximate surface area is 148 Å². The van der Waals surface area contributed by atoms with Gasteiger partial charge in [0.15, 0.2) is 0 Å².